The van der Waals surface area contributed by atoms with Gasteiger partial charge in [-0.15, -0.1) is 0 Å². The number of ether oxygens (including phenoxy) is 3. The van der Waals surface area contributed by atoms with Crippen LogP contribution in [-0.4, -0.2) is 92.1 Å². The summed E-state index contributed by atoms with van der Waals surface area (Å²) in [5, 5.41) is 9.47. The molecule has 0 spiro atoms. The van der Waals surface area contributed by atoms with Crippen molar-refractivity contribution in [3.63, 3.8) is 0 Å². The van der Waals surface area contributed by atoms with Crippen LogP contribution in [0.1, 0.15) is 25.7 Å². The number of likely N-dealkylation sites (tertiary alicyclic amines) is 1. The molecule has 3 N–H and O–H groups in total. The van der Waals surface area contributed by atoms with E-state index in [4.69, 9.17) is 4.74 Å². The summed E-state index contributed by atoms with van der Waals surface area (Å²) in [4.78, 5) is 2.38. The van der Waals surface area contributed by atoms with Crippen LogP contribution in [-0.2, 0) is 14.2 Å². The van der Waals surface area contributed by atoms with Crippen LogP contribution in [0.2, 0.25) is 0 Å². The molecule has 2 aliphatic rings. The highest BCUT2D eigenvalue weighted by atomic mass is 16.5. The van der Waals surface area contributed by atoms with Crippen LogP contribution in [0.5, 0.6) is 0 Å². The molecule has 2 atom stereocenters. The molecular weight excluding hydrogens is 308 g/mol. The standard InChI is InChI=1S/C7H16N2.C6H13NO.C4H11NO2/c1-8-7-4-3-5-9(2)6-7;1-8-5-6-3-2-4-7-6;1-6-3-5-4-7-2/h7-8H,3-6H2,1-2H3;6-7H,2-5H2,1H3;5H,3-4H2,1-2H3. The Bertz CT molecular complexity index is 250. The molecule has 0 radical (unpaired) electrons. The molecule has 0 amide bonds. The topological polar surface area (TPSA) is 67.0 Å². The van der Waals surface area contributed by atoms with Crippen LogP contribution in [0, 0.1) is 0 Å². The lowest BCUT2D eigenvalue weighted by atomic mass is 10.1. The Hall–Kier alpha value is -0.280. The molecule has 2 saturated heterocycles. The lowest BCUT2D eigenvalue weighted by Gasteiger charge is -2.29. The van der Waals surface area contributed by atoms with Crippen molar-refractivity contribution in [1.29, 1.82) is 0 Å². The number of nitrogens with zero attached hydrogens (tertiary/aromatic N) is 1. The highest BCUT2D eigenvalue weighted by Gasteiger charge is 2.14. The Morgan fingerprint density at radius 3 is 2.17 bits per heavy atom. The minimum atomic E-state index is 0.549. The van der Waals surface area contributed by atoms with Crippen molar-refractivity contribution in [2.75, 3.05) is 75.1 Å². The average Bonchev–Trinajstić information content (AvgIpc) is 3.10. The van der Waals surface area contributed by atoms with Gasteiger partial charge >= 0.3 is 0 Å². The Labute approximate surface area is 148 Å². The van der Waals surface area contributed by atoms with Crippen molar-refractivity contribution < 1.29 is 14.2 Å². The molecule has 2 rings (SSSR count). The molecule has 0 aromatic heterocycles. The summed E-state index contributed by atoms with van der Waals surface area (Å²) in [5.41, 5.74) is 0. The second kappa shape index (κ2) is 17.5. The summed E-state index contributed by atoms with van der Waals surface area (Å²) in [5.74, 6) is 0. The van der Waals surface area contributed by atoms with Crippen LogP contribution in [0.3, 0.4) is 0 Å². The van der Waals surface area contributed by atoms with E-state index in [1.165, 1.54) is 45.3 Å². The summed E-state index contributed by atoms with van der Waals surface area (Å²) in [7, 11) is 9.23. The fourth-order valence-corrected chi connectivity index (χ4v) is 2.75. The van der Waals surface area contributed by atoms with E-state index in [1.807, 2.05) is 7.05 Å². The molecule has 2 unspecified atom stereocenters. The van der Waals surface area contributed by atoms with Crippen molar-refractivity contribution in [1.82, 2.24) is 20.9 Å². The molecule has 7 nitrogen and oxygen atoms in total. The zero-order valence-electron chi connectivity index (χ0n) is 16.4. The van der Waals surface area contributed by atoms with E-state index in [0.29, 0.717) is 19.5 Å². The highest BCUT2D eigenvalue weighted by Crippen LogP contribution is 2.06. The van der Waals surface area contributed by atoms with Crippen LogP contribution in [0.25, 0.3) is 0 Å². The fourth-order valence-electron chi connectivity index (χ4n) is 2.75. The van der Waals surface area contributed by atoms with Gasteiger partial charge in [-0.25, -0.2) is 0 Å². The molecular formula is C17H40N4O3. The minimum Gasteiger partial charge on any atom is -0.383 e. The van der Waals surface area contributed by atoms with E-state index in [9.17, 15) is 0 Å². The van der Waals surface area contributed by atoms with Crippen molar-refractivity contribution in [3.05, 3.63) is 0 Å². The van der Waals surface area contributed by atoms with Gasteiger partial charge in [-0.1, -0.05) is 0 Å². The minimum absolute atomic E-state index is 0.549. The Morgan fingerprint density at radius 2 is 1.75 bits per heavy atom. The average molecular weight is 349 g/mol. The van der Waals surface area contributed by atoms with Gasteiger partial charge in [0, 0.05) is 40.0 Å². The number of piperidine rings is 1. The maximum atomic E-state index is 4.96. The first-order valence-electron chi connectivity index (χ1n) is 8.94. The lowest BCUT2D eigenvalue weighted by molar-refractivity contribution is 0.110. The Kier molecular flexibility index (Phi) is 17.3. The van der Waals surface area contributed by atoms with Gasteiger partial charge in [0.25, 0.3) is 0 Å². The van der Waals surface area contributed by atoms with Crippen molar-refractivity contribution in [2.24, 2.45) is 0 Å². The zero-order chi connectivity index (χ0) is 18.0. The van der Waals surface area contributed by atoms with Gasteiger partial charge in [-0.05, 0) is 52.9 Å². The molecule has 7 heteroatoms. The predicted octanol–water partition coefficient (Wildman–Crippen LogP) is 0.469. The zero-order valence-corrected chi connectivity index (χ0v) is 16.4. The maximum absolute atomic E-state index is 4.96. The van der Waals surface area contributed by atoms with E-state index in [1.54, 1.807) is 21.3 Å². The van der Waals surface area contributed by atoms with Gasteiger partial charge in [0.1, 0.15) is 0 Å². The Morgan fingerprint density at radius 1 is 1.04 bits per heavy atom. The van der Waals surface area contributed by atoms with Crippen molar-refractivity contribution in [3.8, 4) is 0 Å². The second-order valence-electron chi connectivity index (χ2n) is 6.25. The number of methoxy groups -OCH3 is 3. The third-order valence-corrected chi connectivity index (χ3v) is 4.06. The number of likely N-dealkylation sites (N-methyl/N-ethyl adjacent to an activating group) is 2. The van der Waals surface area contributed by atoms with E-state index in [2.05, 4.69) is 37.4 Å². The third kappa shape index (κ3) is 14.1. The number of rotatable bonds is 7. The molecule has 2 heterocycles. The fraction of sp³-hybridized carbons (Fsp3) is 1.00. The largest absolute Gasteiger partial charge is 0.383 e. The highest BCUT2D eigenvalue weighted by molar-refractivity contribution is 4.74. The van der Waals surface area contributed by atoms with Crippen molar-refractivity contribution in [2.45, 2.75) is 37.8 Å². The van der Waals surface area contributed by atoms with Crippen LogP contribution in [0.15, 0.2) is 0 Å². The molecule has 0 bridgehead atoms. The van der Waals surface area contributed by atoms with Gasteiger partial charge in [0.15, 0.2) is 0 Å². The first kappa shape index (κ1) is 23.7. The SMILES string of the molecule is CNC1CCCN(C)C1.COCC1CCCN1.COCNCOC. The van der Waals surface area contributed by atoms with Crippen LogP contribution < -0.4 is 16.0 Å². The number of hydrogen-bond donors (Lipinski definition) is 3. The maximum Gasteiger partial charge on any atom is 0.0978 e. The van der Waals surface area contributed by atoms with Gasteiger partial charge in [-0.3, -0.25) is 5.32 Å². The number of nitrogens with one attached hydrogen (secondary N) is 3. The molecule has 2 fully saturated rings. The summed E-state index contributed by atoms with van der Waals surface area (Å²) >= 11 is 0. The first-order valence-corrected chi connectivity index (χ1v) is 8.94. The van der Waals surface area contributed by atoms with Crippen LogP contribution in [0.4, 0.5) is 0 Å². The third-order valence-electron chi connectivity index (χ3n) is 4.06. The molecule has 0 aliphatic carbocycles. The predicted molar refractivity (Wildman–Crippen MR) is 99.4 cm³/mol. The molecule has 0 aromatic carbocycles. The quantitative estimate of drug-likeness (QED) is 0.456. The van der Waals surface area contributed by atoms with Gasteiger partial charge in [0.05, 0.1) is 20.1 Å². The lowest BCUT2D eigenvalue weighted by Crippen LogP contribution is -2.42. The van der Waals surface area contributed by atoms with Gasteiger partial charge in [-0.2, -0.15) is 0 Å². The number of hydrogen-bond acceptors (Lipinski definition) is 7. The van der Waals surface area contributed by atoms with Crippen molar-refractivity contribution >= 4 is 0 Å². The van der Waals surface area contributed by atoms with Crippen LogP contribution >= 0.6 is 0 Å². The van der Waals surface area contributed by atoms with Gasteiger partial charge in [0.2, 0.25) is 0 Å². The normalized spacial score (nSPS) is 23.9. The molecule has 2 aliphatic heterocycles. The van der Waals surface area contributed by atoms with E-state index in [0.717, 1.165) is 12.6 Å². The summed E-state index contributed by atoms with van der Waals surface area (Å²) < 4.78 is 14.3. The summed E-state index contributed by atoms with van der Waals surface area (Å²) in [6, 6.07) is 1.38. The molecule has 24 heavy (non-hydrogen) atoms. The molecule has 0 aromatic rings. The van der Waals surface area contributed by atoms with E-state index < -0.39 is 0 Å². The molecule has 0 saturated carbocycles. The first-order chi connectivity index (χ1) is 11.7. The summed E-state index contributed by atoms with van der Waals surface area (Å²) in [6.45, 7) is 5.64. The smallest absolute Gasteiger partial charge is 0.0978 e. The Balaban J connectivity index is 0.000000334. The van der Waals surface area contributed by atoms with Gasteiger partial charge < -0.3 is 29.7 Å². The molecule has 146 valence electrons. The van der Waals surface area contributed by atoms with E-state index >= 15 is 0 Å². The monoisotopic (exact) mass is 348 g/mol. The second-order valence-corrected chi connectivity index (χ2v) is 6.25. The summed E-state index contributed by atoms with van der Waals surface area (Å²) in [6.07, 6.45) is 5.30. The van der Waals surface area contributed by atoms with E-state index in [-0.39, 0.29) is 0 Å².